The molecule has 2 heterocycles. The van der Waals surface area contributed by atoms with E-state index in [2.05, 4.69) is 15.5 Å². The van der Waals surface area contributed by atoms with E-state index in [1.165, 1.54) is 28.0 Å². The number of nitrogen functional groups attached to an aromatic ring is 1. The van der Waals surface area contributed by atoms with Gasteiger partial charge in [-0.05, 0) is 6.92 Å². The van der Waals surface area contributed by atoms with E-state index in [0.29, 0.717) is 12.2 Å². The highest BCUT2D eigenvalue weighted by Crippen LogP contribution is 2.14. The van der Waals surface area contributed by atoms with Crippen LogP contribution in [-0.4, -0.2) is 31.4 Å². The lowest BCUT2D eigenvalue weighted by molar-refractivity contribution is -0.116. The maximum Gasteiger partial charge on any atom is 0.269 e. The van der Waals surface area contributed by atoms with Crippen molar-refractivity contribution in [2.24, 2.45) is 5.73 Å². The SMILES string of the molecule is CCn1ncc(NC(=O)Cn2cc(N)cn2)c1C(N)=O. The lowest BCUT2D eigenvalue weighted by Crippen LogP contribution is -2.23. The summed E-state index contributed by atoms with van der Waals surface area (Å²) in [6, 6.07) is 0. The Kier molecular flexibility index (Phi) is 3.69. The summed E-state index contributed by atoms with van der Waals surface area (Å²) in [7, 11) is 0. The summed E-state index contributed by atoms with van der Waals surface area (Å²) in [4.78, 5) is 23.2. The van der Waals surface area contributed by atoms with Crippen LogP contribution in [0.1, 0.15) is 17.4 Å². The van der Waals surface area contributed by atoms with Crippen molar-refractivity contribution in [3.63, 3.8) is 0 Å². The number of carbonyl (C=O) groups is 2. The molecule has 5 N–H and O–H groups in total. The van der Waals surface area contributed by atoms with Crippen molar-refractivity contribution in [2.75, 3.05) is 11.1 Å². The summed E-state index contributed by atoms with van der Waals surface area (Å²) in [5.74, 6) is -1.01. The molecule has 0 radical (unpaired) electrons. The Labute approximate surface area is 114 Å². The summed E-state index contributed by atoms with van der Waals surface area (Å²) >= 11 is 0. The summed E-state index contributed by atoms with van der Waals surface area (Å²) in [5, 5.41) is 10.5. The van der Waals surface area contributed by atoms with Crippen LogP contribution in [0, 0.1) is 0 Å². The number of hydrogen-bond donors (Lipinski definition) is 3. The molecule has 0 spiro atoms. The number of primary amides is 1. The Morgan fingerprint density at radius 2 is 2.10 bits per heavy atom. The first-order chi connectivity index (χ1) is 9.51. The van der Waals surface area contributed by atoms with E-state index in [1.807, 2.05) is 6.92 Å². The van der Waals surface area contributed by atoms with E-state index < -0.39 is 5.91 Å². The molecule has 9 nitrogen and oxygen atoms in total. The molecule has 0 aromatic carbocycles. The van der Waals surface area contributed by atoms with Gasteiger partial charge in [-0.2, -0.15) is 10.2 Å². The van der Waals surface area contributed by atoms with Crippen LogP contribution in [-0.2, 0) is 17.9 Å². The maximum atomic E-state index is 11.9. The minimum Gasteiger partial charge on any atom is -0.396 e. The third kappa shape index (κ3) is 2.76. The van der Waals surface area contributed by atoms with Gasteiger partial charge in [-0.25, -0.2) is 0 Å². The van der Waals surface area contributed by atoms with Gasteiger partial charge in [0.15, 0.2) is 0 Å². The average Bonchev–Trinajstić information content (AvgIpc) is 2.95. The van der Waals surface area contributed by atoms with E-state index in [1.54, 1.807) is 0 Å². The zero-order valence-corrected chi connectivity index (χ0v) is 10.9. The summed E-state index contributed by atoms with van der Waals surface area (Å²) in [6.07, 6.45) is 4.36. The van der Waals surface area contributed by atoms with Gasteiger partial charge in [-0.1, -0.05) is 0 Å². The van der Waals surface area contributed by atoms with Crippen molar-refractivity contribution in [3.05, 3.63) is 24.3 Å². The van der Waals surface area contributed by atoms with Crippen molar-refractivity contribution in [1.82, 2.24) is 19.6 Å². The van der Waals surface area contributed by atoms with Crippen LogP contribution in [0.15, 0.2) is 18.6 Å². The van der Waals surface area contributed by atoms with Crippen LogP contribution in [0.5, 0.6) is 0 Å². The normalized spacial score (nSPS) is 10.4. The molecule has 0 fully saturated rings. The van der Waals surface area contributed by atoms with Crippen LogP contribution in [0.25, 0.3) is 0 Å². The predicted molar refractivity (Wildman–Crippen MR) is 71.7 cm³/mol. The van der Waals surface area contributed by atoms with Crippen molar-refractivity contribution in [1.29, 1.82) is 0 Å². The summed E-state index contributed by atoms with van der Waals surface area (Å²) < 4.78 is 2.81. The molecule has 106 valence electrons. The first-order valence-corrected chi connectivity index (χ1v) is 5.94. The van der Waals surface area contributed by atoms with Gasteiger partial charge < -0.3 is 16.8 Å². The van der Waals surface area contributed by atoms with Gasteiger partial charge in [0.05, 0.1) is 23.8 Å². The molecule has 0 unspecified atom stereocenters. The molecule has 0 aliphatic carbocycles. The molecule has 0 aliphatic heterocycles. The van der Waals surface area contributed by atoms with E-state index in [0.717, 1.165) is 0 Å². The molecular formula is C11H15N7O2. The van der Waals surface area contributed by atoms with Gasteiger partial charge in [0.2, 0.25) is 5.91 Å². The standard InChI is InChI=1S/C11H15N7O2/c1-2-18-10(11(13)20)8(4-15-18)16-9(19)6-17-5-7(12)3-14-17/h3-5H,2,6,12H2,1H3,(H2,13,20)(H,16,19). The monoisotopic (exact) mass is 277 g/mol. The largest absolute Gasteiger partial charge is 0.396 e. The third-order valence-corrected chi connectivity index (χ3v) is 2.61. The van der Waals surface area contributed by atoms with Gasteiger partial charge in [0.1, 0.15) is 12.2 Å². The fourth-order valence-corrected chi connectivity index (χ4v) is 1.78. The fraction of sp³-hybridized carbons (Fsp3) is 0.273. The van der Waals surface area contributed by atoms with E-state index in [9.17, 15) is 9.59 Å². The molecule has 0 saturated heterocycles. The molecule has 2 aromatic rings. The highest BCUT2D eigenvalue weighted by molar-refractivity contribution is 6.01. The first-order valence-electron chi connectivity index (χ1n) is 5.94. The van der Waals surface area contributed by atoms with E-state index in [4.69, 9.17) is 11.5 Å². The van der Waals surface area contributed by atoms with Crippen LogP contribution in [0.4, 0.5) is 11.4 Å². The summed E-state index contributed by atoms with van der Waals surface area (Å²) in [5.41, 5.74) is 11.7. The van der Waals surface area contributed by atoms with E-state index in [-0.39, 0.29) is 23.8 Å². The van der Waals surface area contributed by atoms with Crippen molar-refractivity contribution in [2.45, 2.75) is 20.0 Å². The molecule has 2 amide bonds. The van der Waals surface area contributed by atoms with Crippen LogP contribution >= 0.6 is 0 Å². The quantitative estimate of drug-likeness (QED) is 0.672. The number of anilines is 2. The highest BCUT2D eigenvalue weighted by atomic mass is 16.2. The van der Waals surface area contributed by atoms with Crippen molar-refractivity contribution >= 4 is 23.2 Å². The molecule has 9 heteroatoms. The highest BCUT2D eigenvalue weighted by Gasteiger charge is 2.17. The Hall–Kier alpha value is -2.84. The number of nitrogens with one attached hydrogen (secondary N) is 1. The number of carbonyl (C=O) groups excluding carboxylic acids is 2. The van der Waals surface area contributed by atoms with Gasteiger partial charge in [-0.3, -0.25) is 19.0 Å². The predicted octanol–water partition coefficient (Wildman–Crippen LogP) is -0.581. The topological polar surface area (TPSA) is 134 Å². The number of nitrogens with two attached hydrogens (primary N) is 2. The van der Waals surface area contributed by atoms with Gasteiger partial charge in [0.25, 0.3) is 5.91 Å². The molecule has 2 aromatic heterocycles. The third-order valence-electron chi connectivity index (χ3n) is 2.61. The lowest BCUT2D eigenvalue weighted by Gasteiger charge is -2.06. The molecule has 0 saturated carbocycles. The van der Waals surface area contributed by atoms with Gasteiger partial charge >= 0.3 is 0 Å². The molecule has 0 atom stereocenters. The Morgan fingerprint density at radius 1 is 1.35 bits per heavy atom. The van der Waals surface area contributed by atoms with Crippen molar-refractivity contribution in [3.8, 4) is 0 Å². The number of nitrogens with zero attached hydrogens (tertiary/aromatic N) is 4. The molecule has 2 rings (SSSR count). The second-order valence-electron chi connectivity index (χ2n) is 4.11. The van der Waals surface area contributed by atoms with Crippen LogP contribution in [0.2, 0.25) is 0 Å². The Morgan fingerprint density at radius 3 is 2.65 bits per heavy atom. The Balaban J connectivity index is 2.11. The smallest absolute Gasteiger partial charge is 0.269 e. The number of hydrogen-bond acceptors (Lipinski definition) is 5. The second-order valence-corrected chi connectivity index (χ2v) is 4.11. The number of aromatic nitrogens is 4. The molecular weight excluding hydrogens is 262 g/mol. The second kappa shape index (κ2) is 5.43. The minimum atomic E-state index is -0.650. The summed E-state index contributed by atoms with van der Waals surface area (Å²) in [6.45, 7) is 2.27. The van der Waals surface area contributed by atoms with E-state index >= 15 is 0 Å². The fourth-order valence-electron chi connectivity index (χ4n) is 1.78. The zero-order chi connectivity index (χ0) is 14.7. The number of rotatable bonds is 5. The lowest BCUT2D eigenvalue weighted by atomic mass is 10.3. The van der Waals surface area contributed by atoms with Gasteiger partial charge in [-0.15, -0.1) is 0 Å². The van der Waals surface area contributed by atoms with Crippen molar-refractivity contribution < 1.29 is 9.59 Å². The first kappa shape index (κ1) is 13.6. The molecule has 0 bridgehead atoms. The Bertz CT molecular complexity index is 643. The number of aryl methyl sites for hydroxylation is 1. The number of amides is 2. The zero-order valence-electron chi connectivity index (χ0n) is 10.9. The molecule has 0 aliphatic rings. The van der Waals surface area contributed by atoms with Gasteiger partial charge in [0, 0.05) is 12.7 Å². The average molecular weight is 277 g/mol. The minimum absolute atomic E-state index is 0.0211. The van der Waals surface area contributed by atoms with Crippen LogP contribution < -0.4 is 16.8 Å². The van der Waals surface area contributed by atoms with Crippen LogP contribution in [0.3, 0.4) is 0 Å². The molecule has 20 heavy (non-hydrogen) atoms. The maximum absolute atomic E-state index is 11.9.